The lowest BCUT2D eigenvalue weighted by atomic mass is 10.1. The van der Waals surface area contributed by atoms with Crippen LogP contribution in [-0.4, -0.2) is 59.1 Å². The first-order valence-electron chi connectivity index (χ1n) is 6.95. The van der Waals surface area contributed by atoms with Gasteiger partial charge in [-0.1, -0.05) is 6.07 Å². The fourth-order valence-corrected chi connectivity index (χ4v) is 2.51. The third-order valence-corrected chi connectivity index (χ3v) is 3.38. The molecule has 3 N–H and O–H groups in total. The summed E-state index contributed by atoms with van der Waals surface area (Å²) in [5, 5.41) is 9.44. The molecule has 0 bridgehead atoms. The van der Waals surface area contributed by atoms with Crippen molar-refractivity contribution in [1.29, 1.82) is 0 Å². The van der Waals surface area contributed by atoms with Crippen LogP contribution >= 0.6 is 0 Å². The number of amides is 1. The summed E-state index contributed by atoms with van der Waals surface area (Å²) in [5.41, 5.74) is 6.35. The van der Waals surface area contributed by atoms with E-state index in [1.54, 1.807) is 18.2 Å². The van der Waals surface area contributed by atoms with E-state index in [0.717, 1.165) is 19.6 Å². The quantitative estimate of drug-likeness (QED) is 0.861. The second-order valence-electron chi connectivity index (χ2n) is 6.11. The molecule has 1 amide bonds. The van der Waals surface area contributed by atoms with E-state index in [4.69, 9.17) is 5.73 Å². The van der Waals surface area contributed by atoms with Gasteiger partial charge in [-0.25, -0.2) is 0 Å². The highest BCUT2D eigenvalue weighted by atomic mass is 16.3. The van der Waals surface area contributed by atoms with Crippen LogP contribution in [0.4, 0.5) is 0 Å². The Labute approximate surface area is 120 Å². The number of hydrogen-bond acceptors (Lipinski definition) is 4. The summed E-state index contributed by atoms with van der Waals surface area (Å²) in [6, 6.07) is 6.50. The number of piperazine rings is 1. The maximum Gasteiger partial charge on any atom is 0.254 e. The molecule has 0 atom stereocenters. The number of carbonyl (C=O) groups excluding carboxylic acids is 1. The molecule has 1 aliphatic heterocycles. The molecule has 2 rings (SSSR count). The van der Waals surface area contributed by atoms with Crippen LogP contribution in [0.15, 0.2) is 24.3 Å². The maximum absolute atomic E-state index is 12.3. The Morgan fingerprint density at radius 3 is 2.50 bits per heavy atom. The molecule has 0 spiro atoms. The fraction of sp³-hybridized carbons (Fsp3) is 0.533. The van der Waals surface area contributed by atoms with E-state index in [-0.39, 0.29) is 17.2 Å². The Kier molecular flexibility index (Phi) is 4.30. The zero-order valence-corrected chi connectivity index (χ0v) is 12.2. The molecule has 0 aromatic heterocycles. The third-order valence-electron chi connectivity index (χ3n) is 3.38. The Balaban J connectivity index is 1.92. The fourth-order valence-electron chi connectivity index (χ4n) is 2.51. The number of carbonyl (C=O) groups is 1. The highest BCUT2D eigenvalue weighted by Crippen LogP contribution is 2.15. The molecule has 1 heterocycles. The Morgan fingerprint density at radius 2 is 1.95 bits per heavy atom. The van der Waals surface area contributed by atoms with Gasteiger partial charge in [-0.3, -0.25) is 9.69 Å². The predicted octanol–water partition coefficient (Wildman–Crippen LogP) is 0.887. The first kappa shape index (κ1) is 14.8. The average Bonchev–Trinajstić information content (AvgIpc) is 2.37. The lowest BCUT2D eigenvalue weighted by Crippen LogP contribution is -2.54. The molecule has 5 heteroatoms. The van der Waals surface area contributed by atoms with Crippen LogP contribution in [0.2, 0.25) is 0 Å². The van der Waals surface area contributed by atoms with Crippen molar-refractivity contribution in [3.05, 3.63) is 29.8 Å². The van der Waals surface area contributed by atoms with Crippen LogP contribution < -0.4 is 5.73 Å². The molecule has 0 aliphatic carbocycles. The van der Waals surface area contributed by atoms with Crippen molar-refractivity contribution in [2.75, 3.05) is 32.7 Å². The van der Waals surface area contributed by atoms with Gasteiger partial charge in [-0.15, -0.1) is 0 Å². The lowest BCUT2D eigenvalue weighted by Gasteiger charge is -2.37. The van der Waals surface area contributed by atoms with Crippen molar-refractivity contribution >= 4 is 5.91 Å². The van der Waals surface area contributed by atoms with Crippen LogP contribution in [0.3, 0.4) is 0 Å². The monoisotopic (exact) mass is 277 g/mol. The number of nitrogens with two attached hydrogens (primary N) is 1. The van der Waals surface area contributed by atoms with Crippen LogP contribution in [0.5, 0.6) is 5.75 Å². The lowest BCUT2D eigenvalue weighted by molar-refractivity contribution is 0.0615. The maximum atomic E-state index is 12.3. The van der Waals surface area contributed by atoms with Gasteiger partial charge in [0.25, 0.3) is 5.91 Å². The van der Waals surface area contributed by atoms with Crippen molar-refractivity contribution in [3.8, 4) is 5.75 Å². The SMILES string of the molecule is CC(C)(N)CN1CCN(C(=O)c2cccc(O)c2)CC1. The Bertz CT molecular complexity index is 474. The number of hydrogen-bond donors (Lipinski definition) is 2. The number of benzene rings is 1. The Morgan fingerprint density at radius 1 is 1.30 bits per heavy atom. The summed E-state index contributed by atoms with van der Waals surface area (Å²) < 4.78 is 0. The molecule has 1 aliphatic rings. The summed E-state index contributed by atoms with van der Waals surface area (Å²) in [6.07, 6.45) is 0. The van der Waals surface area contributed by atoms with Crippen molar-refractivity contribution in [3.63, 3.8) is 0 Å². The van der Waals surface area contributed by atoms with Gasteiger partial charge in [0.05, 0.1) is 0 Å². The highest BCUT2D eigenvalue weighted by molar-refractivity contribution is 5.94. The summed E-state index contributed by atoms with van der Waals surface area (Å²) in [6.45, 7) is 7.93. The number of nitrogens with zero attached hydrogens (tertiary/aromatic N) is 2. The van der Waals surface area contributed by atoms with Gasteiger partial charge >= 0.3 is 0 Å². The molecule has 20 heavy (non-hydrogen) atoms. The van der Waals surface area contributed by atoms with E-state index in [9.17, 15) is 9.90 Å². The van der Waals surface area contributed by atoms with Gasteiger partial charge in [0.2, 0.25) is 0 Å². The van der Waals surface area contributed by atoms with E-state index in [1.165, 1.54) is 6.07 Å². The van der Waals surface area contributed by atoms with Gasteiger partial charge in [-0.2, -0.15) is 0 Å². The average molecular weight is 277 g/mol. The molecule has 0 radical (unpaired) electrons. The summed E-state index contributed by atoms with van der Waals surface area (Å²) >= 11 is 0. The van der Waals surface area contributed by atoms with Crippen LogP contribution in [0.1, 0.15) is 24.2 Å². The molecular formula is C15H23N3O2. The van der Waals surface area contributed by atoms with Gasteiger partial charge < -0.3 is 15.7 Å². The second kappa shape index (κ2) is 5.81. The molecule has 1 saturated heterocycles. The summed E-state index contributed by atoms with van der Waals surface area (Å²) in [5.74, 6) is 0.104. The standard InChI is InChI=1S/C15H23N3O2/c1-15(2,16)11-17-6-8-18(9-7-17)14(20)12-4-3-5-13(19)10-12/h3-5,10,19H,6-9,11,16H2,1-2H3. The number of phenols is 1. The van der Waals surface area contributed by atoms with Gasteiger partial charge in [0.15, 0.2) is 0 Å². The van der Waals surface area contributed by atoms with E-state index < -0.39 is 0 Å². The van der Waals surface area contributed by atoms with E-state index in [2.05, 4.69) is 4.90 Å². The molecule has 0 saturated carbocycles. The van der Waals surface area contributed by atoms with Crippen LogP contribution in [0, 0.1) is 0 Å². The number of rotatable bonds is 3. The van der Waals surface area contributed by atoms with Crippen molar-refractivity contribution < 1.29 is 9.90 Å². The van der Waals surface area contributed by atoms with E-state index in [0.29, 0.717) is 18.7 Å². The first-order valence-corrected chi connectivity index (χ1v) is 6.95. The first-order chi connectivity index (χ1) is 9.35. The van der Waals surface area contributed by atoms with Crippen molar-refractivity contribution in [2.24, 2.45) is 5.73 Å². The largest absolute Gasteiger partial charge is 0.508 e. The highest BCUT2D eigenvalue weighted by Gasteiger charge is 2.24. The number of phenolic OH excluding ortho intramolecular Hbond substituents is 1. The zero-order valence-electron chi connectivity index (χ0n) is 12.2. The zero-order chi connectivity index (χ0) is 14.8. The molecule has 1 aromatic carbocycles. The topological polar surface area (TPSA) is 69.8 Å². The molecule has 5 nitrogen and oxygen atoms in total. The van der Waals surface area contributed by atoms with Crippen molar-refractivity contribution in [1.82, 2.24) is 9.80 Å². The van der Waals surface area contributed by atoms with Crippen LogP contribution in [0.25, 0.3) is 0 Å². The smallest absolute Gasteiger partial charge is 0.254 e. The van der Waals surface area contributed by atoms with Gasteiger partial charge in [0.1, 0.15) is 5.75 Å². The van der Waals surface area contributed by atoms with Crippen molar-refractivity contribution in [2.45, 2.75) is 19.4 Å². The minimum absolute atomic E-state index is 0.0208. The summed E-state index contributed by atoms with van der Waals surface area (Å²) in [7, 11) is 0. The third kappa shape index (κ3) is 3.95. The molecular weight excluding hydrogens is 254 g/mol. The van der Waals surface area contributed by atoms with E-state index >= 15 is 0 Å². The minimum Gasteiger partial charge on any atom is -0.508 e. The molecule has 1 aromatic rings. The molecule has 110 valence electrons. The molecule has 0 unspecified atom stereocenters. The van der Waals surface area contributed by atoms with Crippen LogP contribution in [-0.2, 0) is 0 Å². The van der Waals surface area contributed by atoms with Gasteiger partial charge in [0, 0.05) is 43.8 Å². The number of aromatic hydroxyl groups is 1. The van der Waals surface area contributed by atoms with Gasteiger partial charge in [-0.05, 0) is 32.0 Å². The normalized spacial score (nSPS) is 17.2. The predicted molar refractivity (Wildman–Crippen MR) is 78.7 cm³/mol. The second-order valence-corrected chi connectivity index (χ2v) is 6.11. The minimum atomic E-state index is -0.211. The van der Waals surface area contributed by atoms with E-state index in [1.807, 2.05) is 18.7 Å². The summed E-state index contributed by atoms with van der Waals surface area (Å²) in [4.78, 5) is 16.4. The Hall–Kier alpha value is -1.59. The molecule has 1 fully saturated rings.